The van der Waals surface area contributed by atoms with E-state index in [-0.39, 0.29) is 18.0 Å². The highest BCUT2D eigenvalue weighted by atomic mass is 16.2. The molecule has 0 radical (unpaired) electrons. The third kappa shape index (κ3) is 5.07. The van der Waals surface area contributed by atoms with Crippen LogP contribution in [0.3, 0.4) is 0 Å². The van der Waals surface area contributed by atoms with Crippen LogP contribution in [0.1, 0.15) is 65.2 Å². The molecule has 3 heteroatoms. The molecule has 1 aliphatic carbocycles. The maximum absolute atomic E-state index is 11.9. The Kier molecular flexibility index (Phi) is 6.56. The first-order valence-corrected chi connectivity index (χ1v) is 7.21. The Morgan fingerprint density at radius 3 is 2.59 bits per heavy atom. The van der Waals surface area contributed by atoms with E-state index in [4.69, 9.17) is 5.73 Å². The summed E-state index contributed by atoms with van der Waals surface area (Å²) in [6, 6.07) is -0.0310. The number of nitrogens with two attached hydrogens (primary N) is 1. The predicted octanol–water partition coefficient (Wildman–Crippen LogP) is 2.59. The molecule has 0 aromatic carbocycles. The first kappa shape index (κ1) is 14.5. The van der Waals surface area contributed by atoms with Gasteiger partial charge in [0.25, 0.3) is 0 Å². The second-order valence-electron chi connectivity index (χ2n) is 5.44. The molecule has 2 atom stereocenters. The SMILES string of the molecule is CCCC[C@H](N)C(=O)NC(C)C1CCCCC1. The van der Waals surface area contributed by atoms with E-state index in [9.17, 15) is 4.79 Å². The lowest BCUT2D eigenvalue weighted by Crippen LogP contribution is -2.47. The largest absolute Gasteiger partial charge is 0.352 e. The molecule has 3 N–H and O–H groups in total. The third-order valence-corrected chi connectivity index (χ3v) is 3.93. The molecule has 0 aromatic rings. The summed E-state index contributed by atoms with van der Waals surface area (Å²) in [4.78, 5) is 11.9. The minimum Gasteiger partial charge on any atom is -0.352 e. The highest BCUT2D eigenvalue weighted by molar-refractivity contribution is 5.81. The second kappa shape index (κ2) is 7.70. The molecule has 1 amide bonds. The summed E-state index contributed by atoms with van der Waals surface area (Å²) in [6.45, 7) is 4.25. The number of unbranched alkanes of at least 4 members (excludes halogenated alkanes) is 1. The number of carbonyl (C=O) groups excluding carboxylic acids is 1. The van der Waals surface area contributed by atoms with Crippen LogP contribution in [-0.2, 0) is 4.79 Å². The van der Waals surface area contributed by atoms with Crippen molar-refractivity contribution in [2.24, 2.45) is 11.7 Å². The van der Waals surface area contributed by atoms with Crippen molar-refractivity contribution >= 4 is 5.91 Å². The van der Waals surface area contributed by atoms with Crippen LogP contribution in [0, 0.1) is 5.92 Å². The number of amides is 1. The van der Waals surface area contributed by atoms with Gasteiger partial charge in [-0.15, -0.1) is 0 Å². The van der Waals surface area contributed by atoms with Crippen molar-refractivity contribution in [1.29, 1.82) is 0 Å². The normalized spacial score (nSPS) is 20.9. The summed E-state index contributed by atoms with van der Waals surface area (Å²) < 4.78 is 0. The summed E-state index contributed by atoms with van der Waals surface area (Å²) >= 11 is 0. The zero-order chi connectivity index (χ0) is 12.7. The first-order chi connectivity index (χ1) is 8.15. The van der Waals surface area contributed by atoms with Gasteiger partial charge in [-0.2, -0.15) is 0 Å². The molecule has 0 saturated heterocycles. The van der Waals surface area contributed by atoms with Crippen LogP contribution in [0.15, 0.2) is 0 Å². The summed E-state index contributed by atoms with van der Waals surface area (Å²) in [5.41, 5.74) is 5.87. The Balaban J connectivity index is 2.28. The Labute approximate surface area is 106 Å². The highest BCUT2D eigenvalue weighted by Crippen LogP contribution is 2.26. The van der Waals surface area contributed by atoms with Crippen molar-refractivity contribution in [3.63, 3.8) is 0 Å². The van der Waals surface area contributed by atoms with Crippen molar-refractivity contribution in [2.45, 2.75) is 77.3 Å². The predicted molar refractivity (Wildman–Crippen MR) is 71.7 cm³/mol. The van der Waals surface area contributed by atoms with Crippen LogP contribution in [0.5, 0.6) is 0 Å². The Hall–Kier alpha value is -0.570. The van der Waals surface area contributed by atoms with E-state index in [1.165, 1.54) is 32.1 Å². The van der Waals surface area contributed by atoms with Crippen molar-refractivity contribution in [1.82, 2.24) is 5.32 Å². The van der Waals surface area contributed by atoms with Crippen LogP contribution in [0.4, 0.5) is 0 Å². The van der Waals surface area contributed by atoms with Gasteiger partial charge in [0.15, 0.2) is 0 Å². The molecule has 0 bridgehead atoms. The van der Waals surface area contributed by atoms with Gasteiger partial charge >= 0.3 is 0 Å². The van der Waals surface area contributed by atoms with Gasteiger partial charge in [-0.25, -0.2) is 0 Å². The minimum atomic E-state index is -0.319. The van der Waals surface area contributed by atoms with E-state index in [1.54, 1.807) is 0 Å². The number of nitrogens with one attached hydrogen (secondary N) is 1. The second-order valence-corrected chi connectivity index (χ2v) is 5.44. The van der Waals surface area contributed by atoms with Gasteiger partial charge < -0.3 is 11.1 Å². The lowest BCUT2D eigenvalue weighted by molar-refractivity contribution is -0.123. The molecule has 0 heterocycles. The van der Waals surface area contributed by atoms with Gasteiger partial charge in [0.2, 0.25) is 5.91 Å². The summed E-state index contributed by atoms with van der Waals surface area (Å²) in [7, 11) is 0. The maximum atomic E-state index is 11.9. The van der Waals surface area contributed by atoms with Gasteiger partial charge in [-0.05, 0) is 32.1 Å². The molecule has 0 aromatic heterocycles. The van der Waals surface area contributed by atoms with Gasteiger partial charge in [-0.1, -0.05) is 39.0 Å². The average Bonchev–Trinajstić information content (AvgIpc) is 2.36. The quantitative estimate of drug-likeness (QED) is 0.750. The van der Waals surface area contributed by atoms with Crippen LogP contribution >= 0.6 is 0 Å². The molecule has 1 fully saturated rings. The molecule has 1 saturated carbocycles. The molecule has 1 unspecified atom stereocenters. The molecule has 100 valence electrons. The molecule has 1 rings (SSSR count). The summed E-state index contributed by atoms with van der Waals surface area (Å²) in [6.07, 6.45) is 9.43. The van der Waals surface area contributed by atoms with Crippen LogP contribution in [0.25, 0.3) is 0 Å². The van der Waals surface area contributed by atoms with Crippen molar-refractivity contribution in [2.75, 3.05) is 0 Å². The van der Waals surface area contributed by atoms with E-state index in [2.05, 4.69) is 19.2 Å². The molecular weight excluding hydrogens is 212 g/mol. The van der Waals surface area contributed by atoms with E-state index in [0.717, 1.165) is 19.3 Å². The van der Waals surface area contributed by atoms with E-state index in [0.29, 0.717) is 5.92 Å². The highest BCUT2D eigenvalue weighted by Gasteiger charge is 2.23. The zero-order valence-corrected chi connectivity index (χ0v) is 11.4. The van der Waals surface area contributed by atoms with Crippen molar-refractivity contribution < 1.29 is 4.79 Å². The van der Waals surface area contributed by atoms with Crippen molar-refractivity contribution in [3.05, 3.63) is 0 Å². The van der Waals surface area contributed by atoms with Crippen LogP contribution < -0.4 is 11.1 Å². The Morgan fingerprint density at radius 1 is 1.35 bits per heavy atom. The third-order valence-electron chi connectivity index (χ3n) is 3.93. The van der Waals surface area contributed by atoms with E-state index in [1.807, 2.05) is 0 Å². The maximum Gasteiger partial charge on any atom is 0.237 e. The van der Waals surface area contributed by atoms with Gasteiger partial charge in [0.1, 0.15) is 0 Å². The number of hydrogen-bond donors (Lipinski definition) is 2. The van der Waals surface area contributed by atoms with Crippen LogP contribution in [-0.4, -0.2) is 18.0 Å². The summed E-state index contributed by atoms with van der Waals surface area (Å²) in [5.74, 6) is 0.697. The van der Waals surface area contributed by atoms with Crippen molar-refractivity contribution in [3.8, 4) is 0 Å². The van der Waals surface area contributed by atoms with E-state index >= 15 is 0 Å². The molecule has 0 aliphatic heterocycles. The monoisotopic (exact) mass is 240 g/mol. The van der Waals surface area contributed by atoms with Gasteiger partial charge in [-0.3, -0.25) is 4.79 Å². The Morgan fingerprint density at radius 2 is 2.00 bits per heavy atom. The molecular formula is C14H28N2O. The fourth-order valence-corrected chi connectivity index (χ4v) is 2.64. The standard InChI is InChI=1S/C14H28N2O/c1-3-4-10-13(15)14(17)16-11(2)12-8-6-5-7-9-12/h11-13H,3-10,15H2,1-2H3,(H,16,17)/t11?,13-/m0/s1. The lowest BCUT2D eigenvalue weighted by atomic mass is 9.84. The fraction of sp³-hybridized carbons (Fsp3) is 0.929. The lowest BCUT2D eigenvalue weighted by Gasteiger charge is -2.29. The topological polar surface area (TPSA) is 55.1 Å². The van der Waals surface area contributed by atoms with Gasteiger partial charge in [0, 0.05) is 6.04 Å². The molecule has 3 nitrogen and oxygen atoms in total. The summed E-state index contributed by atoms with van der Waals surface area (Å²) in [5, 5.41) is 3.09. The smallest absolute Gasteiger partial charge is 0.237 e. The fourth-order valence-electron chi connectivity index (χ4n) is 2.64. The molecule has 17 heavy (non-hydrogen) atoms. The average molecular weight is 240 g/mol. The Bertz CT molecular complexity index is 224. The molecule has 0 spiro atoms. The number of hydrogen-bond acceptors (Lipinski definition) is 2. The van der Waals surface area contributed by atoms with E-state index < -0.39 is 0 Å². The zero-order valence-electron chi connectivity index (χ0n) is 11.4. The minimum absolute atomic E-state index is 0.0384. The van der Waals surface area contributed by atoms with Crippen LogP contribution in [0.2, 0.25) is 0 Å². The number of carbonyl (C=O) groups is 1. The molecule has 1 aliphatic rings. The number of rotatable bonds is 6. The van der Waals surface area contributed by atoms with Gasteiger partial charge in [0.05, 0.1) is 6.04 Å². The first-order valence-electron chi connectivity index (χ1n) is 7.21.